The summed E-state index contributed by atoms with van der Waals surface area (Å²) in [5.74, 6) is 0. The Morgan fingerprint density at radius 1 is 1.29 bits per heavy atom. The van der Waals surface area contributed by atoms with Gasteiger partial charge in [0.15, 0.2) is 11.2 Å². The van der Waals surface area contributed by atoms with Gasteiger partial charge in [0, 0.05) is 0 Å². The van der Waals surface area contributed by atoms with E-state index in [0.29, 0.717) is 15.8 Å². The van der Waals surface area contributed by atoms with Gasteiger partial charge in [-0.3, -0.25) is 0 Å². The van der Waals surface area contributed by atoms with Crippen LogP contribution in [0, 0.1) is 0 Å². The number of aromatic nitrogens is 5. The predicted molar refractivity (Wildman–Crippen MR) is 64.3 cm³/mol. The van der Waals surface area contributed by atoms with Crippen molar-refractivity contribution in [2.75, 3.05) is 0 Å². The van der Waals surface area contributed by atoms with Crippen LogP contribution in [0.15, 0.2) is 10.9 Å². The third kappa shape index (κ3) is 1.83. The van der Waals surface area contributed by atoms with Gasteiger partial charge in [-0.15, -0.1) is 5.10 Å². The predicted octanol–water partition coefficient (Wildman–Crippen LogP) is 1.46. The third-order valence-electron chi connectivity index (χ3n) is 3.22. The standard InChI is InChI=1S/C10H12BrN5O/c11-9-8-10(13-5-12-9)16(15-14-8)6-3-1-2-4-7(6)17/h5-7,17H,1-4H2/t6-,7+/m0/s1. The summed E-state index contributed by atoms with van der Waals surface area (Å²) in [6, 6.07) is -0.0180. The number of aliphatic hydroxyl groups excluding tert-OH is 1. The highest BCUT2D eigenvalue weighted by molar-refractivity contribution is 9.10. The van der Waals surface area contributed by atoms with E-state index in [2.05, 4.69) is 36.2 Å². The maximum Gasteiger partial charge on any atom is 0.183 e. The van der Waals surface area contributed by atoms with Gasteiger partial charge in [-0.25, -0.2) is 14.6 Å². The first-order valence-corrected chi connectivity index (χ1v) is 6.46. The SMILES string of the molecule is O[C@@H]1CCCC[C@@H]1n1nnc2c(Br)ncnc21. The van der Waals surface area contributed by atoms with E-state index in [0.717, 1.165) is 25.7 Å². The van der Waals surface area contributed by atoms with Crippen molar-refractivity contribution in [3.8, 4) is 0 Å². The van der Waals surface area contributed by atoms with Crippen LogP contribution >= 0.6 is 15.9 Å². The molecule has 0 aliphatic heterocycles. The zero-order valence-electron chi connectivity index (χ0n) is 9.12. The number of halogens is 1. The van der Waals surface area contributed by atoms with Crippen LogP contribution in [0.5, 0.6) is 0 Å². The third-order valence-corrected chi connectivity index (χ3v) is 3.80. The van der Waals surface area contributed by atoms with Crippen molar-refractivity contribution in [3.63, 3.8) is 0 Å². The Kier molecular flexibility index (Phi) is 2.79. The molecule has 0 spiro atoms. The maximum absolute atomic E-state index is 10.0. The van der Waals surface area contributed by atoms with Crippen molar-refractivity contribution >= 4 is 27.1 Å². The van der Waals surface area contributed by atoms with Crippen molar-refractivity contribution < 1.29 is 5.11 Å². The molecule has 0 aromatic carbocycles. The van der Waals surface area contributed by atoms with E-state index in [9.17, 15) is 5.11 Å². The second-order valence-corrected chi connectivity index (χ2v) is 5.04. The highest BCUT2D eigenvalue weighted by Gasteiger charge is 2.27. The molecular weight excluding hydrogens is 286 g/mol. The maximum atomic E-state index is 10.0. The average molecular weight is 298 g/mol. The van der Waals surface area contributed by atoms with Gasteiger partial charge in [0.05, 0.1) is 12.1 Å². The van der Waals surface area contributed by atoms with Gasteiger partial charge in [-0.1, -0.05) is 18.1 Å². The monoisotopic (exact) mass is 297 g/mol. The lowest BCUT2D eigenvalue weighted by atomic mass is 9.93. The zero-order chi connectivity index (χ0) is 11.8. The van der Waals surface area contributed by atoms with Crippen LogP contribution in [0.1, 0.15) is 31.7 Å². The van der Waals surface area contributed by atoms with Gasteiger partial charge in [0.1, 0.15) is 10.9 Å². The molecule has 0 unspecified atom stereocenters. The fourth-order valence-electron chi connectivity index (χ4n) is 2.34. The van der Waals surface area contributed by atoms with Crippen LogP contribution in [0.2, 0.25) is 0 Å². The minimum Gasteiger partial charge on any atom is -0.391 e. The van der Waals surface area contributed by atoms with Crippen LogP contribution in [0.25, 0.3) is 11.2 Å². The molecule has 0 amide bonds. The molecule has 7 heteroatoms. The Bertz CT molecular complexity index is 542. The molecule has 17 heavy (non-hydrogen) atoms. The average Bonchev–Trinajstić information content (AvgIpc) is 2.75. The van der Waals surface area contributed by atoms with Crippen molar-refractivity contribution in [2.45, 2.75) is 37.8 Å². The van der Waals surface area contributed by atoms with Crippen LogP contribution < -0.4 is 0 Å². The van der Waals surface area contributed by atoms with E-state index in [4.69, 9.17) is 0 Å². The van der Waals surface area contributed by atoms with Gasteiger partial charge < -0.3 is 5.11 Å². The smallest absolute Gasteiger partial charge is 0.183 e. The summed E-state index contributed by atoms with van der Waals surface area (Å²) in [6.45, 7) is 0. The topological polar surface area (TPSA) is 76.7 Å². The second-order valence-electron chi connectivity index (χ2n) is 4.29. The molecule has 1 aliphatic rings. The van der Waals surface area contributed by atoms with Gasteiger partial charge in [-0.2, -0.15) is 0 Å². The lowest BCUT2D eigenvalue weighted by Crippen LogP contribution is -2.28. The van der Waals surface area contributed by atoms with Crippen molar-refractivity contribution in [1.29, 1.82) is 0 Å². The van der Waals surface area contributed by atoms with E-state index in [1.54, 1.807) is 4.68 Å². The minimum absolute atomic E-state index is 0.0180. The summed E-state index contributed by atoms with van der Waals surface area (Å²) < 4.78 is 2.37. The quantitative estimate of drug-likeness (QED) is 0.807. The normalized spacial score (nSPS) is 25.3. The molecule has 2 aromatic rings. The number of fused-ring (bicyclic) bond motifs is 1. The molecule has 3 rings (SSSR count). The second kappa shape index (κ2) is 4.30. The van der Waals surface area contributed by atoms with E-state index in [1.807, 2.05) is 0 Å². The fraction of sp³-hybridized carbons (Fsp3) is 0.600. The molecule has 1 N–H and O–H groups in total. The summed E-state index contributed by atoms with van der Waals surface area (Å²) in [7, 11) is 0. The first kappa shape index (κ1) is 11.0. The number of aliphatic hydroxyl groups is 1. The molecule has 2 atom stereocenters. The molecule has 2 heterocycles. The minimum atomic E-state index is -0.359. The molecule has 1 fully saturated rings. The van der Waals surface area contributed by atoms with Crippen molar-refractivity contribution in [3.05, 3.63) is 10.9 Å². The van der Waals surface area contributed by atoms with Crippen LogP contribution in [-0.2, 0) is 0 Å². The lowest BCUT2D eigenvalue weighted by Gasteiger charge is -2.27. The molecule has 0 bridgehead atoms. The Balaban J connectivity index is 2.08. The van der Waals surface area contributed by atoms with Gasteiger partial charge >= 0.3 is 0 Å². The van der Waals surface area contributed by atoms with Crippen LogP contribution in [0.4, 0.5) is 0 Å². The Morgan fingerprint density at radius 3 is 2.94 bits per heavy atom. The summed E-state index contributed by atoms with van der Waals surface area (Å²) in [5.41, 5.74) is 1.32. The van der Waals surface area contributed by atoms with Gasteiger partial charge in [-0.05, 0) is 28.8 Å². The van der Waals surface area contributed by atoms with Crippen LogP contribution in [0.3, 0.4) is 0 Å². The van der Waals surface area contributed by atoms with Crippen molar-refractivity contribution in [2.24, 2.45) is 0 Å². The number of rotatable bonds is 1. The van der Waals surface area contributed by atoms with E-state index in [1.165, 1.54) is 6.33 Å². The summed E-state index contributed by atoms with van der Waals surface area (Å²) in [5, 5.41) is 18.2. The summed E-state index contributed by atoms with van der Waals surface area (Å²) in [6.07, 6.45) is 5.03. The molecule has 0 radical (unpaired) electrons. The van der Waals surface area contributed by atoms with Crippen LogP contribution in [-0.4, -0.2) is 36.2 Å². The number of hydrogen-bond acceptors (Lipinski definition) is 5. The Morgan fingerprint density at radius 2 is 2.12 bits per heavy atom. The number of nitrogens with zero attached hydrogens (tertiary/aromatic N) is 5. The van der Waals surface area contributed by atoms with E-state index < -0.39 is 0 Å². The zero-order valence-corrected chi connectivity index (χ0v) is 10.7. The van der Waals surface area contributed by atoms with E-state index >= 15 is 0 Å². The van der Waals surface area contributed by atoms with E-state index in [-0.39, 0.29) is 12.1 Å². The largest absolute Gasteiger partial charge is 0.391 e. The fourth-order valence-corrected chi connectivity index (χ4v) is 2.69. The van der Waals surface area contributed by atoms with Gasteiger partial charge in [0.25, 0.3) is 0 Å². The van der Waals surface area contributed by atoms with Gasteiger partial charge in [0.2, 0.25) is 0 Å². The molecule has 6 nitrogen and oxygen atoms in total. The first-order chi connectivity index (χ1) is 8.27. The molecule has 0 saturated heterocycles. The summed E-state index contributed by atoms with van der Waals surface area (Å²) in [4.78, 5) is 8.21. The lowest BCUT2D eigenvalue weighted by molar-refractivity contribution is 0.0703. The first-order valence-electron chi connectivity index (χ1n) is 5.67. The van der Waals surface area contributed by atoms with Crippen molar-refractivity contribution in [1.82, 2.24) is 25.0 Å². The summed E-state index contributed by atoms with van der Waals surface area (Å²) >= 11 is 3.32. The molecule has 2 aromatic heterocycles. The molecule has 90 valence electrons. The molecular formula is C10H12BrN5O. The molecule has 1 aliphatic carbocycles. The number of hydrogen-bond donors (Lipinski definition) is 1. The Labute approximate surface area is 106 Å². The molecule has 1 saturated carbocycles. The Hall–Kier alpha value is -1.08. The highest BCUT2D eigenvalue weighted by atomic mass is 79.9. The highest BCUT2D eigenvalue weighted by Crippen LogP contribution is 2.30.